The first-order valence-electron chi connectivity index (χ1n) is 0.975. The fourth-order valence-electron chi connectivity index (χ4n) is 0.00972. The molecule has 0 radical (unpaired) electrons. The van der Waals surface area contributed by atoms with Gasteiger partial charge in [-0.15, -0.1) is 7.47 Å². The van der Waals surface area contributed by atoms with Gasteiger partial charge in [0.15, 0.2) is 0 Å². The van der Waals surface area contributed by atoms with E-state index < -0.39 is 10.4 Å². The molecular formula is HCl2NaO4S. The first kappa shape index (κ1) is 12.2. The molecule has 0 spiro atoms. The van der Waals surface area contributed by atoms with Crippen LogP contribution in [-0.4, -0.2) is 38.0 Å². The van der Waals surface area contributed by atoms with Crippen LogP contribution in [0, 0.1) is 0 Å². The topological polar surface area (TPSA) is 52.6 Å². The third-order valence-corrected chi connectivity index (χ3v) is 1.39. The van der Waals surface area contributed by atoms with Crippen molar-refractivity contribution in [3.63, 3.8) is 0 Å². The van der Waals surface area contributed by atoms with Crippen molar-refractivity contribution in [2.75, 3.05) is 0 Å². The third kappa shape index (κ3) is 5.58. The van der Waals surface area contributed by atoms with E-state index in [0.29, 0.717) is 0 Å². The van der Waals surface area contributed by atoms with E-state index in [1.807, 2.05) is 0 Å². The van der Waals surface area contributed by atoms with E-state index in [1.54, 1.807) is 0 Å². The molecule has 0 heterocycles. The minimum absolute atomic E-state index is 0. The Labute approximate surface area is 79.0 Å². The normalized spacial score (nSPS) is 10.2. The first-order chi connectivity index (χ1) is 3.12. The molecule has 0 aromatic heterocycles. The fourth-order valence-corrected chi connectivity index (χ4v) is 0.262. The fraction of sp³-hybridized carbons (Fsp3) is 0. The van der Waals surface area contributed by atoms with Gasteiger partial charge < -0.3 is 0 Å². The van der Waals surface area contributed by atoms with Gasteiger partial charge in [0.2, 0.25) is 0 Å². The minimum atomic E-state index is -4.13. The Kier molecular flexibility index (Phi) is 7.98. The van der Waals surface area contributed by atoms with Crippen LogP contribution in [0.2, 0.25) is 0 Å². The molecule has 0 amide bonds. The van der Waals surface area contributed by atoms with Crippen LogP contribution in [0.3, 0.4) is 0 Å². The van der Waals surface area contributed by atoms with Crippen LogP contribution < -0.4 is 0 Å². The summed E-state index contributed by atoms with van der Waals surface area (Å²) < 4.78 is 25.7. The summed E-state index contributed by atoms with van der Waals surface area (Å²) in [6.45, 7) is 0. The van der Waals surface area contributed by atoms with Crippen LogP contribution in [0.15, 0.2) is 0 Å². The van der Waals surface area contributed by atoms with E-state index in [4.69, 9.17) is 0 Å². The SMILES string of the molecule is O=S(=O)(OCl)OCl.[NaH]. The van der Waals surface area contributed by atoms with Crippen LogP contribution in [0.1, 0.15) is 0 Å². The Bertz CT molecular complexity index is 117. The molecule has 0 aliphatic carbocycles. The first-order valence-corrected chi connectivity index (χ1v) is 2.93. The predicted octanol–water partition coefficient (Wildman–Crippen LogP) is -0.0765. The van der Waals surface area contributed by atoms with E-state index in [1.165, 1.54) is 0 Å². The number of rotatable bonds is 2. The van der Waals surface area contributed by atoms with Crippen molar-refractivity contribution in [2.45, 2.75) is 0 Å². The standard InChI is InChI=1S/Cl2O4S.Na.H/c1-5-7(3,4)6-2;;. The van der Waals surface area contributed by atoms with Gasteiger partial charge in [0.25, 0.3) is 0 Å². The Hall–Kier alpha value is 1.45. The van der Waals surface area contributed by atoms with E-state index >= 15 is 0 Å². The molecule has 4 nitrogen and oxygen atoms in total. The van der Waals surface area contributed by atoms with Crippen molar-refractivity contribution in [2.24, 2.45) is 0 Å². The molecule has 0 aliphatic rings. The Morgan fingerprint density at radius 3 is 1.38 bits per heavy atom. The van der Waals surface area contributed by atoms with E-state index in [9.17, 15) is 8.42 Å². The molecule has 0 rings (SSSR count). The summed E-state index contributed by atoms with van der Waals surface area (Å²) in [5, 5.41) is 0. The maximum absolute atomic E-state index is 9.66. The van der Waals surface area contributed by atoms with Gasteiger partial charge in [-0.3, -0.25) is 0 Å². The van der Waals surface area contributed by atoms with Crippen molar-refractivity contribution >= 4 is 63.7 Å². The van der Waals surface area contributed by atoms with Crippen LogP contribution in [0.4, 0.5) is 0 Å². The second kappa shape index (κ2) is 5.25. The van der Waals surface area contributed by atoms with Gasteiger partial charge in [-0.05, 0) is 0 Å². The molecule has 0 aromatic carbocycles. The molecule has 0 atom stereocenters. The van der Waals surface area contributed by atoms with Crippen LogP contribution in [-0.2, 0) is 17.9 Å². The zero-order chi connectivity index (χ0) is 5.91. The van der Waals surface area contributed by atoms with Crippen molar-refractivity contribution in [3.05, 3.63) is 0 Å². The molecule has 8 heavy (non-hydrogen) atoms. The summed E-state index contributed by atoms with van der Waals surface area (Å²) in [6.07, 6.45) is 0. The molecule has 8 heteroatoms. The van der Waals surface area contributed by atoms with Gasteiger partial charge in [0.05, 0.1) is 23.7 Å². The summed E-state index contributed by atoms with van der Waals surface area (Å²) >= 11 is 8.59. The molecule has 0 aliphatic heterocycles. The van der Waals surface area contributed by atoms with E-state index in [2.05, 4.69) is 31.2 Å². The summed E-state index contributed by atoms with van der Waals surface area (Å²) in [6, 6.07) is 0. The molecule has 0 unspecified atom stereocenters. The molecule has 0 saturated carbocycles. The predicted molar refractivity (Wildman–Crippen MR) is 29.9 cm³/mol. The van der Waals surface area contributed by atoms with Crippen molar-refractivity contribution in [1.82, 2.24) is 0 Å². The third-order valence-electron chi connectivity index (χ3n) is 0.154. The van der Waals surface area contributed by atoms with Gasteiger partial charge in [-0.25, -0.2) is 0 Å². The second-order valence-corrected chi connectivity index (χ2v) is 2.36. The summed E-state index contributed by atoms with van der Waals surface area (Å²) in [5.74, 6) is 0. The Morgan fingerprint density at radius 1 is 1.12 bits per heavy atom. The van der Waals surface area contributed by atoms with Gasteiger partial charge in [-0.1, -0.05) is 0 Å². The van der Waals surface area contributed by atoms with Crippen molar-refractivity contribution in [1.29, 1.82) is 0 Å². The van der Waals surface area contributed by atoms with E-state index in [0.717, 1.165) is 0 Å². The number of halogens is 2. The van der Waals surface area contributed by atoms with Gasteiger partial charge in [0, 0.05) is 0 Å². The van der Waals surface area contributed by atoms with Crippen molar-refractivity contribution in [3.8, 4) is 0 Å². The van der Waals surface area contributed by atoms with Crippen LogP contribution >= 0.6 is 23.7 Å². The molecule has 0 N–H and O–H groups in total. The summed E-state index contributed by atoms with van der Waals surface area (Å²) in [5.41, 5.74) is 0. The quantitative estimate of drug-likeness (QED) is 0.573. The Balaban J connectivity index is 0. The zero-order valence-corrected chi connectivity index (χ0v) is 5.13. The van der Waals surface area contributed by atoms with Gasteiger partial charge >= 0.3 is 40.0 Å². The Morgan fingerprint density at radius 2 is 1.38 bits per heavy atom. The average molecular weight is 191 g/mol. The molecule has 0 fully saturated rings. The van der Waals surface area contributed by atoms with Crippen molar-refractivity contribution < 1.29 is 15.9 Å². The molecule has 0 saturated heterocycles. The second-order valence-electron chi connectivity index (χ2n) is 0.534. The molecule has 0 bridgehead atoms. The average Bonchev–Trinajstić information content (AvgIpc) is 1.68. The van der Waals surface area contributed by atoms with Crippen LogP contribution in [0.5, 0.6) is 0 Å². The van der Waals surface area contributed by atoms with E-state index in [-0.39, 0.29) is 29.6 Å². The number of hydrogen-bond donors (Lipinski definition) is 0. The zero-order valence-electron chi connectivity index (χ0n) is 2.80. The monoisotopic (exact) mass is 190 g/mol. The number of hydrogen-bond acceptors (Lipinski definition) is 4. The van der Waals surface area contributed by atoms with Gasteiger partial charge in [0.1, 0.15) is 0 Å². The summed E-state index contributed by atoms with van der Waals surface area (Å²) in [4.78, 5) is 0. The summed E-state index contributed by atoms with van der Waals surface area (Å²) in [7, 11) is -4.13. The molecule has 46 valence electrons. The molecule has 0 aromatic rings. The maximum atomic E-state index is 9.66. The van der Waals surface area contributed by atoms with Gasteiger partial charge in [-0.2, -0.15) is 8.42 Å². The van der Waals surface area contributed by atoms with Crippen LogP contribution in [0.25, 0.3) is 0 Å². The molecular weight excluding hydrogens is 190 g/mol.